The zero-order chi connectivity index (χ0) is 6.81. The van der Waals surface area contributed by atoms with E-state index in [1.165, 1.54) is 24.3 Å². The third kappa shape index (κ3) is 1.07. The maximum atomic E-state index is 4.05. The topological polar surface area (TPSA) is 24.9 Å². The van der Waals surface area contributed by atoms with E-state index in [9.17, 15) is 0 Å². The van der Waals surface area contributed by atoms with Gasteiger partial charge in [0.2, 0.25) is 0 Å². The van der Waals surface area contributed by atoms with Crippen molar-refractivity contribution >= 4 is 11.3 Å². The number of nitrogens with zero attached hydrogens (tertiary/aromatic N) is 1. The fourth-order valence-corrected chi connectivity index (χ4v) is 2.06. The first-order valence-corrected chi connectivity index (χ1v) is 4.46. The SMILES string of the molecule is c1ncc(C2CCCN2)s1. The van der Waals surface area contributed by atoms with Gasteiger partial charge in [0, 0.05) is 17.1 Å². The van der Waals surface area contributed by atoms with Crippen molar-refractivity contribution in [3.63, 3.8) is 0 Å². The van der Waals surface area contributed by atoms with Crippen molar-refractivity contribution in [1.82, 2.24) is 10.3 Å². The molecule has 2 heterocycles. The average Bonchev–Trinajstić information content (AvgIpc) is 2.59. The van der Waals surface area contributed by atoms with Crippen LogP contribution in [-0.2, 0) is 0 Å². The van der Waals surface area contributed by atoms with Crippen molar-refractivity contribution in [3.8, 4) is 0 Å². The fourth-order valence-electron chi connectivity index (χ4n) is 1.33. The van der Waals surface area contributed by atoms with E-state index in [4.69, 9.17) is 0 Å². The van der Waals surface area contributed by atoms with E-state index in [2.05, 4.69) is 10.3 Å². The summed E-state index contributed by atoms with van der Waals surface area (Å²) >= 11 is 1.75. The van der Waals surface area contributed by atoms with Gasteiger partial charge in [0.1, 0.15) is 0 Å². The zero-order valence-corrected chi connectivity index (χ0v) is 6.53. The largest absolute Gasteiger partial charge is 0.309 e. The Morgan fingerprint density at radius 2 is 2.70 bits per heavy atom. The van der Waals surface area contributed by atoms with Crippen LogP contribution in [0.15, 0.2) is 11.7 Å². The molecule has 10 heavy (non-hydrogen) atoms. The normalized spacial score (nSPS) is 25.4. The molecule has 0 spiro atoms. The summed E-state index contributed by atoms with van der Waals surface area (Å²) in [6.45, 7) is 1.17. The Morgan fingerprint density at radius 1 is 1.70 bits per heavy atom. The molecule has 1 unspecified atom stereocenters. The second kappa shape index (κ2) is 2.68. The highest BCUT2D eigenvalue weighted by Crippen LogP contribution is 2.24. The molecule has 2 nitrogen and oxygen atoms in total. The van der Waals surface area contributed by atoms with Crippen molar-refractivity contribution in [2.24, 2.45) is 0 Å². The molecule has 0 amide bonds. The third-order valence-electron chi connectivity index (χ3n) is 1.86. The van der Waals surface area contributed by atoms with Gasteiger partial charge in [-0.15, -0.1) is 11.3 Å². The van der Waals surface area contributed by atoms with Gasteiger partial charge in [0.15, 0.2) is 0 Å². The van der Waals surface area contributed by atoms with Gasteiger partial charge in [-0.25, -0.2) is 0 Å². The standard InChI is InChI=1S/C7H10N2S/c1-2-6(9-3-1)7-4-8-5-10-7/h4-6,9H,1-3H2. The Kier molecular flexibility index (Phi) is 1.69. The molecule has 2 rings (SSSR count). The van der Waals surface area contributed by atoms with E-state index in [1.807, 2.05) is 11.7 Å². The van der Waals surface area contributed by atoms with Crippen LogP contribution < -0.4 is 5.32 Å². The minimum Gasteiger partial charge on any atom is -0.309 e. The predicted molar refractivity (Wildman–Crippen MR) is 42.1 cm³/mol. The third-order valence-corrected chi connectivity index (χ3v) is 2.74. The molecule has 1 aromatic rings. The van der Waals surface area contributed by atoms with Crippen LogP contribution >= 0.6 is 11.3 Å². The van der Waals surface area contributed by atoms with Crippen LogP contribution in [-0.4, -0.2) is 11.5 Å². The quantitative estimate of drug-likeness (QED) is 0.664. The maximum absolute atomic E-state index is 4.05. The molecule has 0 aromatic carbocycles. The molecule has 0 saturated carbocycles. The number of thiazole rings is 1. The van der Waals surface area contributed by atoms with E-state index in [0.29, 0.717) is 6.04 Å². The fraction of sp³-hybridized carbons (Fsp3) is 0.571. The van der Waals surface area contributed by atoms with E-state index in [0.717, 1.165) is 0 Å². The van der Waals surface area contributed by atoms with Crippen LogP contribution in [0.25, 0.3) is 0 Å². The minimum absolute atomic E-state index is 0.604. The van der Waals surface area contributed by atoms with Crippen LogP contribution in [0.3, 0.4) is 0 Å². The maximum Gasteiger partial charge on any atom is 0.0794 e. The highest BCUT2D eigenvalue weighted by atomic mass is 32.1. The Bertz CT molecular complexity index is 189. The molecule has 1 aliphatic heterocycles. The Labute approximate surface area is 64.3 Å². The molecule has 1 aliphatic rings. The molecule has 1 N–H and O–H groups in total. The number of aromatic nitrogens is 1. The lowest BCUT2D eigenvalue weighted by molar-refractivity contribution is 0.658. The Hall–Kier alpha value is -0.410. The Morgan fingerprint density at radius 3 is 3.30 bits per heavy atom. The second-order valence-corrected chi connectivity index (χ2v) is 3.47. The van der Waals surface area contributed by atoms with Crippen LogP contribution in [0.2, 0.25) is 0 Å². The molecular formula is C7H10N2S. The van der Waals surface area contributed by atoms with Crippen molar-refractivity contribution in [3.05, 3.63) is 16.6 Å². The van der Waals surface area contributed by atoms with E-state index >= 15 is 0 Å². The molecule has 1 aromatic heterocycles. The first-order chi connectivity index (χ1) is 4.97. The van der Waals surface area contributed by atoms with Gasteiger partial charge in [-0.05, 0) is 19.4 Å². The molecule has 0 radical (unpaired) electrons. The zero-order valence-electron chi connectivity index (χ0n) is 5.71. The smallest absolute Gasteiger partial charge is 0.0794 e. The van der Waals surface area contributed by atoms with Crippen LogP contribution in [0.4, 0.5) is 0 Å². The van der Waals surface area contributed by atoms with Crippen molar-refractivity contribution in [2.45, 2.75) is 18.9 Å². The summed E-state index contributed by atoms with van der Waals surface area (Å²) in [5, 5.41) is 3.43. The van der Waals surface area contributed by atoms with Crippen LogP contribution in [0.5, 0.6) is 0 Å². The predicted octanol–water partition coefficient (Wildman–Crippen LogP) is 1.57. The lowest BCUT2D eigenvalue weighted by Crippen LogP contribution is -2.11. The van der Waals surface area contributed by atoms with Crippen LogP contribution in [0.1, 0.15) is 23.8 Å². The van der Waals surface area contributed by atoms with Crippen molar-refractivity contribution in [1.29, 1.82) is 0 Å². The molecule has 54 valence electrons. The summed E-state index contributed by atoms with van der Waals surface area (Å²) in [5.41, 5.74) is 1.90. The molecular weight excluding hydrogens is 144 g/mol. The van der Waals surface area contributed by atoms with E-state index in [-0.39, 0.29) is 0 Å². The van der Waals surface area contributed by atoms with Gasteiger partial charge < -0.3 is 5.32 Å². The number of hydrogen-bond acceptors (Lipinski definition) is 3. The second-order valence-electron chi connectivity index (χ2n) is 2.55. The molecule has 0 bridgehead atoms. The molecule has 3 heteroatoms. The van der Waals surface area contributed by atoms with Gasteiger partial charge >= 0.3 is 0 Å². The van der Waals surface area contributed by atoms with Crippen molar-refractivity contribution in [2.75, 3.05) is 6.54 Å². The number of rotatable bonds is 1. The first kappa shape index (κ1) is 6.31. The van der Waals surface area contributed by atoms with Gasteiger partial charge in [-0.2, -0.15) is 0 Å². The summed E-state index contributed by atoms with van der Waals surface area (Å²) in [6.07, 6.45) is 4.55. The molecule has 1 saturated heterocycles. The van der Waals surface area contributed by atoms with Gasteiger partial charge in [0.05, 0.1) is 5.51 Å². The number of nitrogens with one attached hydrogen (secondary N) is 1. The lowest BCUT2D eigenvalue weighted by atomic mass is 10.2. The van der Waals surface area contributed by atoms with E-state index in [1.54, 1.807) is 11.3 Å². The molecule has 1 atom stereocenters. The summed E-state index contributed by atoms with van der Waals surface area (Å²) < 4.78 is 0. The lowest BCUT2D eigenvalue weighted by Gasteiger charge is -2.04. The summed E-state index contributed by atoms with van der Waals surface area (Å²) in [7, 11) is 0. The van der Waals surface area contributed by atoms with Gasteiger partial charge in [0.25, 0.3) is 0 Å². The summed E-state index contributed by atoms with van der Waals surface area (Å²) in [4.78, 5) is 5.43. The van der Waals surface area contributed by atoms with Gasteiger partial charge in [-0.1, -0.05) is 0 Å². The summed E-state index contributed by atoms with van der Waals surface area (Å²) in [6, 6.07) is 0.604. The van der Waals surface area contributed by atoms with E-state index < -0.39 is 0 Å². The molecule has 1 fully saturated rings. The average molecular weight is 154 g/mol. The monoisotopic (exact) mass is 154 g/mol. The highest BCUT2D eigenvalue weighted by molar-refractivity contribution is 7.09. The highest BCUT2D eigenvalue weighted by Gasteiger charge is 2.16. The first-order valence-electron chi connectivity index (χ1n) is 3.58. The number of hydrogen-bond donors (Lipinski definition) is 1. The minimum atomic E-state index is 0.604. The summed E-state index contributed by atoms with van der Waals surface area (Å²) in [5.74, 6) is 0. The molecule has 0 aliphatic carbocycles. The van der Waals surface area contributed by atoms with Crippen molar-refractivity contribution < 1.29 is 0 Å². The van der Waals surface area contributed by atoms with Gasteiger partial charge in [-0.3, -0.25) is 4.98 Å². The Balaban J connectivity index is 2.12. The van der Waals surface area contributed by atoms with Crippen LogP contribution in [0, 0.1) is 0 Å².